The van der Waals surface area contributed by atoms with Gasteiger partial charge in [-0.2, -0.15) is 5.10 Å². The summed E-state index contributed by atoms with van der Waals surface area (Å²) in [5.41, 5.74) is 5.71. The Labute approximate surface area is 154 Å². The van der Waals surface area contributed by atoms with E-state index in [0.29, 0.717) is 11.6 Å². The van der Waals surface area contributed by atoms with E-state index >= 15 is 0 Å². The van der Waals surface area contributed by atoms with Crippen LogP contribution in [0.5, 0.6) is 5.75 Å². The van der Waals surface area contributed by atoms with Crippen LogP contribution in [-0.2, 0) is 4.79 Å². The van der Waals surface area contributed by atoms with Crippen LogP contribution in [0.4, 0.5) is 5.82 Å². The second-order valence-corrected chi connectivity index (χ2v) is 6.91. The number of carboxylic acids is 1. The molecule has 0 spiro atoms. The fraction of sp³-hybridized carbons (Fsp3) is 0.222. The average molecular weight is 370 g/mol. The number of rotatable bonds is 6. The third-order valence-corrected chi connectivity index (χ3v) is 5.02. The average Bonchev–Trinajstić information content (AvgIpc) is 2.93. The molecule has 0 saturated carbocycles. The van der Waals surface area contributed by atoms with Crippen molar-refractivity contribution in [2.24, 2.45) is 5.10 Å². The zero-order valence-electron chi connectivity index (χ0n) is 14.6. The van der Waals surface area contributed by atoms with Gasteiger partial charge in [-0.1, -0.05) is 12.1 Å². The van der Waals surface area contributed by atoms with Crippen molar-refractivity contribution in [2.45, 2.75) is 20.8 Å². The molecule has 0 saturated heterocycles. The van der Waals surface area contributed by atoms with E-state index in [1.807, 2.05) is 19.9 Å². The highest BCUT2D eigenvalue weighted by molar-refractivity contribution is 7.18. The van der Waals surface area contributed by atoms with Crippen molar-refractivity contribution in [2.75, 3.05) is 12.0 Å². The number of anilines is 1. The first-order valence-electron chi connectivity index (χ1n) is 7.91. The SMILES string of the molecule is C/C(=N/Nc1ncnc2sc(C)c(C)c12)c1cccc(OCC(=O)O)c1. The van der Waals surface area contributed by atoms with Crippen molar-refractivity contribution in [3.63, 3.8) is 0 Å². The summed E-state index contributed by atoms with van der Waals surface area (Å²) in [6.45, 7) is 5.58. The molecule has 26 heavy (non-hydrogen) atoms. The van der Waals surface area contributed by atoms with Gasteiger partial charge in [-0.15, -0.1) is 11.3 Å². The minimum Gasteiger partial charge on any atom is -0.482 e. The molecular formula is C18H18N4O3S. The van der Waals surface area contributed by atoms with Gasteiger partial charge in [0.1, 0.15) is 16.9 Å². The summed E-state index contributed by atoms with van der Waals surface area (Å²) >= 11 is 1.63. The molecule has 0 amide bonds. The number of hydrazone groups is 1. The molecule has 0 unspecified atom stereocenters. The Bertz CT molecular complexity index is 997. The number of aliphatic carboxylic acids is 1. The lowest BCUT2D eigenvalue weighted by Crippen LogP contribution is -2.09. The molecular weight excluding hydrogens is 352 g/mol. The Kier molecular flexibility index (Phi) is 5.13. The molecule has 1 aromatic carbocycles. The standard InChI is InChI=1S/C18H18N4O3S/c1-10-12(3)26-18-16(10)17(19-9-20-18)22-21-11(2)13-5-4-6-14(7-13)25-8-15(23)24/h4-7,9H,8H2,1-3H3,(H,23,24)(H,19,20,22)/b21-11-. The van der Waals surface area contributed by atoms with Crippen LogP contribution in [0.25, 0.3) is 10.2 Å². The number of hydrogen-bond acceptors (Lipinski definition) is 7. The van der Waals surface area contributed by atoms with E-state index in [-0.39, 0.29) is 6.61 Å². The van der Waals surface area contributed by atoms with Gasteiger partial charge in [-0.25, -0.2) is 14.8 Å². The van der Waals surface area contributed by atoms with Crippen LogP contribution in [0, 0.1) is 13.8 Å². The molecule has 2 aromatic heterocycles. The molecule has 3 rings (SSSR count). The Morgan fingerprint density at radius 1 is 1.35 bits per heavy atom. The van der Waals surface area contributed by atoms with E-state index in [2.05, 4.69) is 27.4 Å². The molecule has 0 aliphatic rings. The van der Waals surface area contributed by atoms with Gasteiger partial charge in [0.15, 0.2) is 12.4 Å². The molecule has 134 valence electrons. The lowest BCUT2D eigenvalue weighted by molar-refractivity contribution is -0.139. The van der Waals surface area contributed by atoms with Gasteiger partial charge in [-0.05, 0) is 38.5 Å². The van der Waals surface area contributed by atoms with Gasteiger partial charge >= 0.3 is 5.97 Å². The lowest BCUT2D eigenvalue weighted by atomic mass is 10.1. The number of ether oxygens (including phenoxy) is 1. The van der Waals surface area contributed by atoms with Crippen LogP contribution >= 0.6 is 11.3 Å². The highest BCUT2D eigenvalue weighted by Gasteiger charge is 2.11. The third kappa shape index (κ3) is 3.80. The molecule has 2 N–H and O–H groups in total. The van der Waals surface area contributed by atoms with E-state index in [1.165, 1.54) is 11.2 Å². The number of carbonyl (C=O) groups is 1. The van der Waals surface area contributed by atoms with Gasteiger partial charge in [0.25, 0.3) is 0 Å². The lowest BCUT2D eigenvalue weighted by Gasteiger charge is -2.07. The zero-order valence-corrected chi connectivity index (χ0v) is 15.4. The number of thiophene rings is 1. The highest BCUT2D eigenvalue weighted by Crippen LogP contribution is 2.32. The van der Waals surface area contributed by atoms with Crippen molar-refractivity contribution in [3.05, 3.63) is 46.6 Å². The van der Waals surface area contributed by atoms with E-state index < -0.39 is 5.97 Å². The summed E-state index contributed by atoms with van der Waals surface area (Å²) in [4.78, 5) is 21.4. The van der Waals surface area contributed by atoms with Gasteiger partial charge < -0.3 is 9.84 Å². The van der Waals surface area contributed by atoms with E-state index in [4.69, 9.17) is 9.84 Å². The number of aromatic nitrogens is 2. The molecule has 7 nitrogen and oxygen atoms in total. The maximum atomic E-state index is 10.6. The monoisotopic (exact) mass is 370 g/mol. The fourth-order valence-corrected chi connectivity index (χ4v) is 3.42. The first kappa shape index (κ1) is 17.8. The second-order valence-electron chi connectivity index (χ2n) is 5.70. The van der Waals surface area contributed by atoms with Crippen molar-refractivity contribution in [1.29, 1.82) is 0 Å². The maximum absolute atomic E-state index is 10.6. The molecule has 3 aromatic rings. The Morgan fingerprint density at radius 3 is 2.92 bits per heavy atom. The van der Waals surface area contributed by atoms with Crippen LogP contribution in [0.15, 0.2) is 35.7 Å². The number of aryl methyl sites for hydroxylation is 2. The molecule has 0 radical (unpaired) electrons. The van der Waals surface area contributed by atoms with Crippen molar-refractivity contribution in [3.8, 4) is 5.75 Å². The topological polar surface area (TPSA) is 96.7 Å². The van der Waals surface area contributed by atoms with E-state index in [9.17, 15) is 4.79 Å². The molecule has 2 heterocycles. The van der Waals surface area contributed by atoms with Gasteiger partial charge in [0.05, 0.1) is 11.1 Å². The predicted molar refractivity (Wildman–Crippen MR) is 102 cm³/mol. The van der Waals surface area contributed by atoms with E-state index in [0.717, 1.165) is 27.1 Å². The Morgan fingerprint density at radius 2 is 2.15 bits per heavy atom. The normalized spacial score (nSPS) is 11.6. The van der Waals surface area contributed by atoms with E-state index in [1.54, 1.807) is 29.5 Å². The molecule has 8 heteroatoms. The van der Waals surface area contributed by atoms with Gasteiger partial charge in [-0.3, -0.25) is 5.43 Å². The van der Waals surface area contributed by atoms with Gasteiger partial charge in [0.2, 0.25) is 0 Å². The zero-order chi connectivity index (χ0) is 18.7. The summed E-state index contributed by atoms with van der Waals surface area (Å²) in [6.07, 6.45) is 1.52. The Balaban J connectivity index is 1.83. The van der Waals surface area contributed by atoms with Crippen LogP contribution in [0.1, 0.15) is 22.9 Å². The predicted octanol–water partition coefficient (Wildman–Crippen LogP) is 3.61. The summed E-state index contributed by atoms with van der Waals surface area (Å²) in [5.74, 6) is 0.124. The quantitative estimate of drug-likeness (QED) is 0.508. The first-order chi connectivity index (χ1) is 12.5. The number of nitrogens with zero attached hydrogens (tertiary/aromatic N) is 3. The van der Waals surface area contributed by atoms with Crippen LogP contribution < -0.4 is 10.2 Å². The van der Waals surface area contributed by atoms with Crippen LogP contribution in [0.3, 0.4) is 0 Å². The second kappa shape index (κ2) is 7.49. The number of carboxylic acid groups (broad SMARTS) is 1. The third-order valence-electron chi connectivity index (χ3n) is 3.91. The molecule has 0 bridgehead atoms. The summed E-state index contributed by atoms with van der Waals surface area (Å²) in [6, 6.07) is 7.13. The summed E-state index contributed by atoms with van der Waals surface area (Å²) in [7, 11) is 0. The molecule has 0 atom stereocenters. The number of fused-ring (bicyclic) bond motifs is 1. The largest absolute Gasteiger partial charge is 0.482 e. The highest BCUT2D eigenvalue weighted by atomic mass is 32.1. The van der Waals surface area contributed by atoms with Crippen LogP contribution in [-0.4, -0.2) is 33.4 Å². The van der Waals surface area contributed by atoms with Crippen LogP contribution in [0.2, 0.25) is 0 Å². The smallest absolute Gasteiger partial charge is 0.341 e. The molecule has 0 fully saturated rings. The number of nitrogens with one attached hydrogen (secondary N) is 1. The number of benzene rings is 1. The Hall–Kier alpha value is -3.00. The number of hydrogen-bond donors (Lipinski definition) is 2. The van der Waals surface area contributed by atoms with Crippen molar-refractivity contribution < 1.29 is 14.6 Å². The summed E-state index contributed by atoms with van der Waals surface area (Å²) in [5, 5.41) is 14.1. The van der Waals surface area contributed by atoms with Gasteiger partial charge in [0, 0.05) is 10.4 Å². The fourth-order valence-electron chi connectivity index (χ4n) is 2.42. The molecule has 0 aliphatic heterocycles. The van der Waals surface area contributed by atoms with Crippen molar-refractivity contribution >= 4 is 39.1 Å². The first-order valence-corrected chi connectivity index (χ1v) is 8.73. The molecule has 0 aliphatic carbocycles. The minimum atomic E-state index is -1.02. The minimum absolute atomic E-state index is 0.381. The summed E-state index contributed by atoms with van der Waals surface area (Å²) < 4.78 is 5.20. The van der Waals surface area contributed by atoms with Crippen molar-refractivity contribution in [1.82, 2.24) is 9.97 Å². The maximum Gasteiger partial charge on any atom is 0.341 e.